The molecule has 1 saturated heterocycles. The van der Waals surface area contributed by atoms with E-state index in [1.54, 1.807) is 16.2 Å². The molecule has 1 N–H and O–H groups in total. The predicted molar refractivity (Wildman–Crippen MR) is 103 cm³/mol. The number of rotatable bonds is 5. The van der Waals surface area contributed by atoms with E-state index >= 15 is 0 Å². The lowest BCUT2D eigenvalue weighted by Crippen LogP contribution is -2.57. The summed E-state index contributed by atoms with van der Waals surface area (Å²) in [6, 6.07) is 10.0. The minimum atomic E-state index is -0.524. The van der Waals surface area contributed by atoms with Crippen molar-refractivity contribution in [3.05, 3.63) is 46.4 Å². The SMILES string of the molecule is Cc1ncsc1CN1CCC(Nc2ccccc2)(C(=O)N(C)C)CC1. The Labute approximate surface area is 153 Å². The van der Waals surface area contributed by atoms with Gasteiger partial charge >= 0.3 is 0 Å². The zero-order valence-electron chi connectivity index (χ0n) is 15.2. The highest BCUT2D eigenvalue weighted by molar-refractivity contribution is 7.09. The van der Waals surface area contributed by atoms with Crippen LogP contribution in [0.5, 0.6) is 0 Å². The first-order valence-corrected chi connectivity index (χ1v) is 9.54. The van der Waals surface area contributed by atoms with Crippen LogP contribution in [-0.4, -0.2) is 53.4 Å². The van der Waals surface area contributed by atoms with Crippen LogP contribution >= 0.6 is 11.3 Å². The number of thiazole rings is 1. The number of para-hydroxylation sites is 1. The largest absolute Gasteiger partial charge is 0.371 e. The first-order chi connectivity index (χ1) is 12.0. The van der Waals surface area contributed by atoms with Gasteiger partial charge in [-0.3, -0.25) is 9.69 Å². The molecule has 0 bridgehead atoms. The van der Waals surface area contributed by atoms with Crippen molar-refractivity contribution in [1.29, 1.82) is 0 Å². The van der Waals surface area contributed by atoms with Gasteiger partial charge in [0.05, 0.1) is 11.2 Å². The third kappa shape index (κ3) is 4.02. The summed E-state index contributed by atoms with van der Waals surface area (Å²) < 4.78 is 0. The number of likely N-dealkylation sites (N-methyl/N-ethyl adjacent to an activating group) is 1. The van der Waals surface area contributed by atoms with E-state index in [4.69, 9.17) is 0 Å². The lowest BCUT2D eigenvalue weighted by molar-refractivity contribution is -0.135. The van der Waals surface area contributed by atoms with Gasteiger partial charge in [-0.25, -0.2) is 4.98 Å². The van der Waals surface area contributed by atoms with Gasteiger partial charge in [-0.05, 0) is 31.9 Å². The Balaban J connectivity index is 1.72. The number of carbonyl (C=O) groups is 1. The first kappa shape index (κ1) is 17.9. The molecule has 0 radical (unpaired) electrons. The van der Waals surface area contributed by atoms with Crippen LogP contribution in [0.2, 0.25) is 0 Å². The van der Waals surface area contributed by atoms with Crippen LogP contribution in [0.4, 0.5) is 5.69 Å². The molecule has 2 heterocycles. The zero-order chi connectivity index (χ0) is 17.9. The van der Waals surface area contributed by atoms with Crippen molar-refractivity contribution in [2.45, 2.75) is 31.8 Å². The molecule has 6 heteroatoms. The van der Waals surface area contributed by atoms with Crippen LogP contribution < -0.4 is 5.32 Å². The number of hydrogen-bond donors (Lipinski definition) is 1. The number of nitrogens with one attached hydrogen (secondary N) is 1. The standard InChI is InChI=1S/C19H26N4OS/c1-15-17(25-14-20-15)13-23-11-9-19(10-12-23,18(24)22(2)3)21-16-7-5-4-6-8-16/h4-8,14,21H,9-13H2,1-3H3. The molecule has 0 atom stereocenters. The van der Waals surface area contributed by atoms with Crippen molar-refractivity contribution in [2.24, 2.45) is 0 Å². The van der Waals surface area contributed by atoms with Crippen molar-refractivity contribution in [1.82, 2.24) is 14.8 Å². The van der Waals surface area contributed by atoms with Gasteiger partial charge in [0.1, 0.15) is 5.54 Å². The fourth-order valence-electron chi connectivity index (χ4n) is 3.39. The number of aromatic nitrogens is 1. The molecular formula is C19H26N4OS. The molecule has 2 aromatic rings. The fourth-order valence-corrected chi connectivity index (χ4v) is 4.21. The summed E-state index contributed by atoms with van der Waals surface area (Å²) >= 11 is 1.71. The van der Waals surface area contributed by atoms with Crippen molar-refractivity contribution in [3.8, 4) is 0 Å². The first-order valence-electron chi connectivity index (χ1n) is 8.66. The molecule has 0 saturated carbocycles. The number of aryl methyl sites for hydroxylation is 1. The molecular weight excluding hydrogens is 332 g/mol. The van der Waals surface area contributed by atoms with Gasteiger partial charge < -0.3 is 10.2 Å². The van der Waals surface area contributed by atoms with Crippen LogP contribution in [0.1, 0.15) is 23.4 Å². The lowest BCUT2D eigenvalue weighted by atomic mass is 9.85. The number of hydrogen-bond acceptors (Lipinski definition) is 5. The molecule has 0 spiro atoms. The van der Waals surface area contributed by atoms with Gasteiger partial charge in [-0.2, -0.15) is 0 Å². The molecule has 0 unspecified atom stereocenters. The molecule has 1 aliphatic rings. The molecule has 1 aliphatic heterocycles. The normalized spacial score (nSPS) is 17.2. The number of likely N-dealkylation sites (tertiary alicyclic amines) is 1. The van der Waals surface area contributed by atoms with Crippen LogP contribution in [0.25, 0.3) is 0 Å². The zero-order valence-corrected chi connectivity index (χ0v) is 16.0. The van der Waals surface area contributed by atoms with E-state index in [0.717, 1.165) is 43.9 Å². The van der Waals surface area contributed by atoms with E-state index in [2.05, 4.69) is 22.1 Å². The Morgan fingerprint density at radius 2 is 1.96 bits per heavy atom. The molecule has 1 fully saturated rings. The number of anilines is 1. The van der Waals surface area contributed by atoms with Crippen LogP contribution in [0, 0.1) is 6.92 Å². The predicted octanol–water partition coefficient (Wildman–Crippen LogP) is 2.99. The topological polar surface area (TPSA) is 48.5 Å². The average molecular weight is 359 g/mol. The number of carbonyl (C=O) groups excluding carboxylic acids is 1. The fraction of sp³-hybridized carbons (Fsp3) is 0.474. The summed E-state index contributed by atoms with van der Waals surface area (Å²) in [5.41, 5.74) is 3.51. The summed E-state index contributed by atoms with van der Waals surface area (Å²) in [5.74, 6) is 0.157. The molecule has 1 aromatic carbocycles. The molecule has 134 valence electrons. The molecule has 1 aromatic heterocycles. The summed E-state index contributed by atoms with van der Waals surface area (Å²) in [6.45, 7) is 4.79. The summed E-state index contributed by atoms with van der Waals surface area (Å²) in [6.07, 6.45) is 1.60. The minimum absolute atomic E-state index is 0.157. The molecule has 3 rings (SSSR count). The van der Waals surface area contributed by atoms with Gasteiger partial charge in [0.15, 0.2) is 0 Å². The van der Waals surface area contributed by atoms with Crippen LogP contribution in [0.3, 0.4) is 0 Å². The van der Waals surface area contributed by atoms with Crippen molar-refractivity contribution < 1.29 is 4.79 Å². The second kappa shape index (κ2) is 7.54. The van der Waals surface area contributed by atoms with Gasteiger partial charge in [-0.1, -0.05) is 18.2 Å². The van der Waals surface area contributed by atoms with Gasteiger partial charge in [0.2, 0.25) is 5.91 Å². The van der Waals surface area contributed by atoms with E-state index < -0.39 is 5.54 Å². The maximum absolute atomic E-state index is 12.9. The highest BCUT2D eigenvalue weighted by atomic mass is 32.1. The van der Waals surface area contributed by atoms with Crippen LogP contribution in [0.15, 0.2) is 35.8 Å². The quantitative estimate of drug-likeness (QED) is 0.893. The molecule has 5 nitrogen and oxygen atoms in total. The van der Waals surface area contributed by atoms with E-state index in [0.29, 0.717) is 0 Å². The Morgan fingerprint density at radius 1 is 1.28 bits per heavy atom. The second-order valence-corrected chi connectivity index (χ2v) is 7.85. The Hall–Kier alpha value is -1.92. The van der Waals surface area contributed by atoms with Crippen molar-refractivity contribution in [2.75, 3.05) is 32.5 Å². The summed E-state index contributed by atoms with van der Waals surface area (Å²) in [5, 5.41) is 3.54. The number of amides is 1. The lowest BCUT2D eigenvalue weighted by Gasteiger charge is -2.43. The highest BCUT2D eigenvalue weighted by Crippen LogP contribution is 2.30. The maximum Gasteiger partial charge on any atom is 0.247 e. The van der Waals surface area contributed by atoms with Gasteiger partial charge in [-0.15, -0.1) is 11.3 Å². The molecule has 0 aliphatic carbocycles. The Bertz CT molecular complexity index is 705. The Morgan fingerprint density at radius 3 is 2.52 bits per heavy atom. The molecule has 25 heavy (non-hydrogen) atoms. The smallest absolute Gasteiger partial charge is 0.247 e. The van der Waals surface area contributed by atoms with Gasteiger partial charge in [0.25, 0.3) is 0 Å². The van der Waals surface area contributed by atoms with E-state index in [1.165, 1.54) is 4.88 Å². The third-order valence-corrected chi connectivity index (χ3v) is 5.81. The second-order valence-electron chi connectivity index (χ2n) is 6.91. The number of nitrogens with zero attached hydrogens (tertiary/aromatic N) is 3. The van der Waals surface area contributed by atoms with E-state index in [9.17, 15) is 4.79 Å². The third-order valence-electron chi connectivity index (χ3n) is 4.89. The van der Waals surface area contributed by atoms with Crippen molar-refractivity contribution in [3.63, 3.8) is 0 Å². The number of piperidine rings is 1. The maximum atomic E-state index is 12.9. The summed E-state index contributed by atoms with van der Waals surface area (Å²) in [4.78, 5) is 22.7. The van der Waals surface area contributed by atoms with Crippen molar-refractivity contribution >= 4 is 22.9 Å². The Kier molecular flexibility index (Phi) is 5.39. The van der Waals surface area contributed by atoms with E-state index in [1.807, 2.05) is 49.9 Å². The number of benzene rings is 1. The summed E-state index contributed by atoms with van der Waals surface area (Å²) in [7, 11) is 3.67. The highest BCUT2D eigenvalue weighted by Gasteiger charge is 2.42. The minimum Gasteiger partial charge on any atom is -0.371 e. The van der Waals surface area contributed by atoms with Crippen LogP contribution in [-0.2, 0) is 11.3 Å². The van der Waals surface area contributed by atoms with Gasteiger partial charge in [0, 0.05) is 44.3 Å². The average Bonchev–Trinajstić information content (AvgIpc) is 3.02. The molecule has 1 amide bonds. The van der Waals surface area contributed by atoms with E-state index in [-0.39, 0.29) is 5.91 Å². The monoisotopic (exact) mass is 358 g/mol.